The molecule has 0 fully saturated rings. The van der Waals surface area contributed by atoms with Crippen molar-refractivity contribution in [2.75, 3.05) is 5.43 Å². The van der Waals surface area contributed by atoms with Crippen LogP contribution in [0, 0.1) is 10.1 Å². The number of nitro benzene ring substituents is 1. The molecule has 4 aromatic rings. The Labute approximate surface area is 173 Å². The summed E-state index contributed by atoms with van der Waals surface area (Å²) in [6.45, 7) is 0.454. The van der Waals surface area contributed by atoms with Crippen LogP contribution in [0.2, 0.25) is 0 Å². The van der Waals surface area contributed by atoms with Crippen LogP contribution in [0.25, 0.3) is 10.8 Å². The van der Waals surface area contributed by atoms with Gasteiger partial charge in [0, 0.05) is 17.7 Å². The van der Waals surface area contributed by atoms with Gasteiger partial charge in [-0.25, -0.2) is 0 Å². The maximum absolute atomic E-state index is 10.8. The van der Waals surface area contributed by atoms with Crippen molar-refractivity contribution in [2.45, 2.75) is 6.61 Å². The van der Waals surface area contributed by atoms with Crippen LogP contribution >= 0.6 is 0 Å². The molecule has 0 bridgehead atoms. The Hall–Kier alpha value is -4.19. The van der Waals surface area contributed by atoms with E-state index in [0.717, 1.165) is 27.6 Å². The van der Waals surface area contributed by atoms with Crippen LogP contribution in [0.1, 0.15) is 11.1 Å². The first-order chi connectivity index (χ1) is 14.7. The van der Waals surface area contributed by atoms with E-state index in [2.05, 4.69) is 10.5 Å². The Morgan fingerprint density at radius 2 is 1.63 bits per heavy atom. The second-order valence-electron chi connectivity index (χ2n) is 6.65. The van der Waals surface area contributed by atoms with E-state index in [9.17, 15) is 10.1 Å². The van der Waals surface area contributed by atoms with Crippen molar-refractivity contribution < 1.29 is 9.66 Å². The van der Waals surface area contributed by atoms with Gasteiger partial charge >= 0.3 is 0 Å². The van der Waals surface area contributed by atoms with Gasteiger partial charge in [-0.2, -0.15) is 5.10 Å². The molecule has 1 N–H and O–H groups in total. The molecule has 0 spiro atoms. The highest BCUT2D eigenvalue weighted by Gasteiger charge is 2.08. The molecule has 30 heavy (non-hydrogen) atoms. The molecule has 0 saturated carbocycles. The first-order valence-electron chi connectivity index (χ1n) is 9.43. The quantitative estimate of drug-likeness (QED) is 0.244. The summed E-state index contributed by atoms with van der Waals surface area (Å²) >= 11 is 0. The molecule has 0 amide bonds. The zero-order valence-corrected chi connectivity index (χ0v) is 16.1. The maximum atomic E-state index is 10.8. The third-order valence-electron chi connectivity index (χ3n) is 4.63. The summed E-state index contributed by atoms with van der Waals surface area (Å²) in [5.41, 5.74) is 5.55. The number of benzene rings is 4. The summed E-state index contributed by atoms with van der Waals surface area (Å²) in [4.78, 5) is 10.3. The number of ether oxygens (including phenoxy) is 1. The van der Waals surface area contributed by atoms with Crippen LogP contribution in [-0.4, -0.2) is 11.1 Å². The van der Waals surface area contributed by atoms with Crippen LogP contribution in [0.3, 0.4) is 0 Å². The number of anilines is 1. The first kappa shape index (κ1) is 19.1. The molecule has 0 aliphatic carbocycles. The number of nitrogens with one attached hydrogen (secondary N) is 1. The summed E-state index contributed by atoms with van der Waals surface area (Å²) in [5.74, 6) is 0.729. The molecule has 0 aliphatic rings. The largest absolute Gasteiger partial charge is 0.488 e. The number of non-ortho nitro benzene ring substituents is 1. The molecule has 148 valence electrons. The lowest BCUT2D eigenvalue weighted by atomic mass is 10.0. The van der Waals surface area contributed by atoms with Crippen molar-refractivity contribution in [3.63, 3.8) is 0 Å². The van der Waals surface area contributed by atoms with Gasteiger partial charge in [-0.15, -0.1) is 0 Å². The van der Waals surface area contributed by atoms with Crippen molar-refractivity contribution >= 4 is 28.4 Å². The highest BCUT2D eigenvalue weighted by atomic mass is 16.6. The Balaban J connectivity index is 1.58. The third-order valence-corrected chi connectivity index (χ3v) is 4.63. The fraction of sp³-hybridized carbons (Fsp3) is 0.0417. The molecule has 0 atom stereocenters. The van der Waals surface area contributed by atoms with Crippen LogP contribution in [0.4, 0.5) is 11.4 Å². The van der Waals surface area contributed by atoms with Gasteiger partial charge in [-0.05, 0) is 34.5 Å². The van der Waals surface area contributed by atoms with Gasteiger partial charge in [0.05, 0.1) is 16.8 Å². The molecule has 0 aromatic heterocycles. The molecule has 0 unspecified atom stereocenters. The number of hydrazone groups is 1. The van der Waals surface area contributed by atoms with E-state index >= 15 is 0 Å². The first-order valence-corrected chi connectivity index (χ1v) is 9.43. The van der Waals surface area contributed by atoms with E-state index in [0.29, 0.717) is 12.3 Å². The molecular weight excluding hydrogens is 378 g/mol. The molecular formula is C24H19N3O3. The summed E-state index contributed by atoms with van der Waals surface area (Å²) in [7, 11) is 0. The van der Waals surface area contributed by atoms with Gasteiger partial charge in [0.25, 0.3) is 5.69 Å². The zero-order valence-electron chi connectivity index (χ0n) is 16.1. The number of hydrogen-bond donors (Lipinski definition) is 1. The predicted octanol–water partition coefficient (Wildman–Crippen LogP) is 5.77. The molecule has 6 nitrogen and oxygen atoms in total. The molecule has 6 heteroatoms. The average Bonchev–Trinajstić information content (AvgIpc) is 2.79. The van der Waals surface area contributed by atoms with Crippen molar-refractivity contribution in [3.8, 4) is 5.75 Å². The van der Waals surface area contributed by atoms with Crippen molar-refractivity contribution in [1.29, 1.82) is 0 Å². The standard InChI is InChI=1S/C24H19N3O3/c28-27(29)21-13-11-20(12-14-21)26-25-16-23-22-9-5-4-8-19(22)10-15-24(23)30-17-18-6-2-1-3-7-18/h1-16,26H,17H2. The Bertz CT molecular complexity index is 1190. The molecule has 4 rings (SSSR count). The van der Waals surface area contributed by atoms with Gasteiger partial charge < -0.3 is 4.74 Å². The van der Waals surface area contributed by atoms with Crippen LogP contribution in [0.5, 0.6) is 5.75 Å². The smallest absolute Gasteiger partial charge is 0.269 e. The lowest BCUT2D eigenvalue weighted by Crippen LogP contribution is -2.00. The minimum absolute atomic E-state index is 0.0372. The van der Waals surface area contributed by atoms with E-state index < -0.39 is 4.92 Å². The van der Waals surface area contributed by atoms with Gasteiger partial charge in [0.1, 0.15) is 12.4 Å². The molecule has 0 heterocycles. The second kappa shape index (κ2) is 8.87. The van der Waals surface area contributed by atoms with Crippen molar-refractivity contribution in [1.82, 2.24) is 0 Å². The predicted molar refractivity (Wildman–Crippen MR) is 119 cm³/mol. The normalized spacial score (nSPS) is 10.9. The topological polar surface area (TPSA) is 76.8 Å². The Morgan fingerprint density at radius 3 is 2.40 bits per heavy atom. The van der Waals surface area contributed by atoms with Gasteiger partial charge in [-0.1, -0.05) is 60.7 Å². The van der Waals surface area contributed by atoms with E-state index in [1.165, 1.54) is 12.1 Å². The minimum atomic E-state index is -0.431. The fourth-order valence-electron chi connectivity index (χ4n) is 3.10. The lowest BCUT2D eigenvalue weighted by Gasteiger charge is -2.12. The van der Waals surface area contributed by atoms with E-state index in [4.69, 9.17) is 4.74 Å². The molecule has 0 aliphatic heterocycles. The summed E-state index contributed by atoms with van der Waals surface area (Å²) in [5, 5.41) is 17.2. The third kappa shape index (κ3) is 4.44. The molecule has 0 saturated heterocycles. The zero-order chi connectivity index (χ0) is 20.8. The number of fused-ring (bicyclic) bond motifs is 1. The van der Waals surface area contributed by atoms with E-state index in [-0.39, 0.29) is 5.69 Å². The van der Waals surface area contributed by atoms with Crippen molar-refractivity contribution in [2.24, 2.45) is 5.10 Å². The number of hydrogen-bond acceptors (Lipinski definition) is 5. The molecule has 0 radical (unpaired) electrons. The SMILES string of the molecule is O=[N+]([O-])c1ccc(NN=Cc2c(OCc3ccccc3)ccc3ccccc23)cc1. The highest BCUT2D eigenvalue weighted by molar-refractivity contribution is 6.02. The minimum Gasteiger partial charge on any atom is -0.488 e. The van der Waals surface area contributed by atoms with Crippen LogP contribution in [0.15, 0.2) is 96.1 Å². The Morgan fingerprint density at radius 1 is 0.900 bits per heavy atom. The van der Waals surface area contributed by atoms with Crippen LogP contribution < -0.4 is 10.2 Å². The second-order valence-corrected chi connectivity index (χ2v) is 6.65. The fourth-order valence-corrected chi connectivity index (χ4v) is 3.10. The van der Waals surface area contributed by atoms with E-state index in [1.54, 1.807) is 18.3 Å². The number of nitro groups is 1. The summed E-state index contributed by atoms with van der Waals surface area (Å²) in [6.07, 6.45) is 1.71. The Kier molecular flexibility index (Phi) is 5.66. The summed E-state index contributed by atoms with van der Waals surface area (Å²) in [6, 6.07) is 28.1. The highest BCUT2D eigenvalue weighted by Crippen LogP contribution is 2.27. The van der Waals surface area contributed by atoms with Crippen LogP contribution in [-0.2, 0) is 6.61 Å². The number of rotatable bonds is 7. The monoisotopic (exact) mass is 397 g/mol. The number of nitrogens with zero attached hydrogens (tertiary/aromatic N) is 2. The lowest BCUT2D eigenvalue weighted by molar-refractivity contribution is -0.384. The van der Waals surface area contributed by atoms with Gasteiger partial charge in [0.15, 0.2) is 0 Å². The van der Waals surface area contributed by atoms with Crippen molar-refractivity contribution in [3.05, 3.63) is 112 Å². The molecule has 4 aromatic carbocycles. The average molecular weight is 397 g/mol. The van der Waals surface area contributed by atoms with Gasteiger partial charge in [0.2, 0.25) is 0 Å². The maximum Gasteiger partial charge on any atom is 0.269 e. The van der Waals surface area contributed by atoms with E-state index in [1.807, 2.05) is 66.7 Å². The summed E-state index contributed by atoms with van der Waals surface area (Å²) < 4.78 is 6.08. The van der Waals surface area contributed by atoms with Gasteiger partial charge in [-0.3, -0.25) is 15.5 Å².